The monoisotopic (exact) mass is 272 g/mol. The molecule has 1 heterocycles. The minimum Gasteiger partial charge on any atom is -0.380 e. The normalized spacial score (nSPS) is 10.3. The molecule has 5 heteroatoms. The zero-order chi connectivity index (χ0) is 14.4. The predicted octanol–water partition coefficient (Wildman–Crippen LogP) is 3.11. The van der Waals surface area contributed by atoms with Crippen LogP contribution in [0.5, 0.6) is 0 Å². The molecule has 2 aromatic rings. The number of anilines is 3. The van der Waals surface area contributed by atoms with Gasteiger partial charge in [0.2, 0.25) is 5.95 Å². The van der Waals surface area contributed by atoms with Gasteiger partial charge in [0.1, 0.15) is 5.82 Å². The van der Waals surface area contributed by atoms with Crippen molar-refractivity contribution >= 4 is 17.5 Å². The number of rotatable bonds is 6. The lowest BCUT2D eigenvalue weighted by molar-refractivity contribution is 0.185. The fourth-order valence-corrected chi connectivity index (χ4v) is 1.93. The molecule has 0 unspecified atom stereocenters. The van der Waals surface area contributed by atoms with Crippen molar-refractivity contribution in [2.45, 2.75) is 20.5 Å². The summed E-state index contributed by atoms with van der Waals surface area (Å²) in [7, 11) is 1.69. The lowest BCUT2D eigenvalue weighted by atomic mass is 10.2. The number of aryl methyl sites for hydroxylation is 1. The van der Waals surface area contributed by atoms with Gasteiger partial charge in [-0.25, -0.2) is 4.98 Å². The van der Waals surface area contributed by atoms with Gasteiger partial charge in [-0.2, -0.15) is 4.98 Å². The van der Waals surface area contributed by atoms with Crippen LogP contribution in [0, 0.1) is 6.92 Å². The molecule has 0 saturated heterocycles. The Morgan fingerprint density at radius 2 is 2.00 bits per heavy atom. The lowest BCUT2D eigenvalue weighted by Crippen LogP contribution is -2.06. The average molecular weight is 272 g/mol. The van der Waals surface area contributed by atoms with Crippen molar-refractivity contribution < 1.29 is 4.74 Å². The van der Waals surface area contributed by atoms with Crippen molar-refractivity contribution in [1.82, 2.24) is 9.97 Å². The number of methoxy groups -OCH3 is 1. The highest BCUT2D eigenvalue weighted by Gasteiger charge is 2.05. The molecule has 5 nitrogen and oxygen atoms in total. The van der Waals surface area contributed by atoms with Crippen LogP contribution in [0.15, 0.2) is 30.3 Å². The number of aromatic nitrogens is 2. The zero-order valence-corrected chi connectivity index (χ0v) is 12.1. The summed E-state index contributed by atoms with van der Waals surface area (Å²) < 4.78 is 5.21. The third-order valence-corrected chi connectivity index (χ3v) is 2.77. The summed E-state index contributed by atoms with van der Waals surface area (Å²) in [6, 6.07) is 9.95. The van der Waals surface area contributed by atoms with Crippen LogP contribution in [-0.4, -0.2) is 23.6 Å². The Labute approximate surface area is 119 Å². The molecule has 0 spiro atoms. The molecule has 0 aliphatic rings. The van der Waals surface area contributed by atoms with Gasteiger partial charge in [0.15, 0.2) is 0 Å². The van der Waals surface area contributed by atoms with Crippen molar-refractivity contribution in [3.8, 4) is 0 Å². The fourth-order valence-electron chi connectivity index (χ4n) is 1.93. The van der Waals surface area contributed by atoms with Crippen molar-refractivity contribution in [2.75, 3.05) is 24.3 Å². The highest BCUT2D eigenvalue weighted by Crippen LogP contribution is 2.21. The summed E-state index contributed by atoms with van der Waals surface area (Å²) in [5, 5.41) is 6.45. The molecular weight excluding hydrogens is 252 g/mol. The van der Waals surface area contributed by atoms with E-state index in [1.807, 2.05) is 44.2 Å². The van der Waals surface area contributed by atoms with Gasteiger partial charge in [-0.1, -0.05) is 18.2 Å². The first-order valence-corrected chi connectivity index (χ1v) is 6.66. The van der Waals surface area contributed by atoms with Crippen molar-refractivity contribution in [2.24, 2.45) is 0 Å². The molecule has 0 aliphatic carbocycles. The summed E-state index contributed by atoms with van der Waals surface area (Å²) in [6.07, 6.45) is 0. The Balaban J connectivity index is 2.25. The van der Waals surface area contributed by atoms with E-state index in [-0.39, 0.29) is 0 Å². The molecule has 1 aromatic carbocycles. The van der Waals surface area contributed by atoms with E-state index in [0.29, 0.717) is 12.6 Å². The SMILES string of the molecule is CCNc1nc(C)cc(Nc2ccccc2COC)n1. The van der Waals surface area contributed by atoms with Crippen LogP contribution in [0.3, 0.4) is 0 Å². The first kappa shape index (κ1) is 14.3. The van der Waals surface area contributed by atoms with Crippen molar-refractivity contribution in [3.05, 3.63) is 41.6 Å². The fraction of sp³-hybridized carbons (Fsp3) is 0.333. The molecule has 0 atom stereocenters. The summed E-state index contributed by atoms with van der Waals surface area (Å²) in [6.45, 7) is 5.33. The molecule has 1 aromatic heterocycles. The highest BCUT2D eigenvalue weighted by molar-refractivity contribution is 5.61. The maximum atomic E-state index is 5.21. The van der Waals surface area contributed by atoms with Gasteiger partial charge < -0.3 is 15.4 Å². The topological polar surface area (TPSA) is 59.1 Å². The van der Waals surface area contributed by atoms with E-state index in [0.717, 1.165) is 29.3 Å². The number of para-hydroxylation sites is 1. The zero-order valence-electron chi connectivity index (χ0n) is 12.1. The van der Waals surface area contributed by atoms with E-state index in [9.17, 15) is 0 Å². The van der Waals surface area contributed by atoms with Crippen LogP contribution in [0.4, 0.5) is 17.5 Å². The van der Waals surface area contributed by atoms with Crippen LogP contribution in [0.25, 0.3) is 0 Å². The summed E-state index contributed by atoms with van der Waals surface area (Å²) in [5.41, 5.74) is 3.01. The van der Waals surface area contributed by atoms with E-state index >= 15 is 0 Å². The summed E-state index contributed by atoms with van der Waals surface area (Å²) in [4.78, 5) is 8.78. The maximum Gasteiger partial charge on any atom is 0.224 e. The predicted molar refractivity (Wildman–Crippen MR) is 81.4 cm³/mol. The standard InChI is InChI=1S/C15H20N4O/c1-4-16-15-17-11(2)9-14(19-15)18-13-8-6-5-7-12(13)10-20-3/h5-9H,4,10H2,1-3H3,(H2,16,17,18,19). The van der Waals surface area contributed by atoms with E-state index < -0.39 is 0 Å². The van der Waals surface area contributed by atoms with Gasteiger partial charge in [0.25, 0.3) is 0 Å². The van der Waals surface area contributed by atoms with Crippen LogP contribution in [0.2, 0.25) is 0 Å². The minimum absolute atomic E-state index is 0.563. The third kappa shape index (κ3) is 3.68. The second kappa shape index (κ2) is 6.86. The number of hydrogen-bond donors (Lipinski definition) is 2. The summed E-state index contributed by atoms with van der Waals surface area (Å²) in [5.74, 6) is 1.41. The number of benzene rings is 1. The highest BCUT2D eigenvalue weighted by atomic mass is 16.5. The molecule has 20 heavy (non-hydrogen) atoms. The van der Waals surface area contributed by atoms with E-state index in [1.165, 1.54) is 0 Å². The van der Waals surface area contributed by atoms with E-state index in [2.05, 4.69) is 20.6 Å². The molecule has 0 aliphatic heterocycles. The Kier molecular flexibility index (Phi) is 4.90. The van der Waals surface area contributed by atoms with Gasteiger partial charge in [-0.3, -0.25) is 0 Å². The van der Waals surface area contributed by atoms with Crippen molar-refractivity contribution in [3.63, 3.8) is 0 Å². The molecule has 0 radical (unpaired) electrons. The largest absolute Gasteiger partial charge is 0.380 e. The van der Waals surface area contributed by atoms with Crippen LogP contribution < -0.4 is 10.6 Å². The Bertz CT molecular complexity index is 572. The van der Waals surface area contributed by atoms with E-state index in [1.54, 1.807) is 7.11 Å². The molecule has 0 saturated carbocycles. The number of nitrogens with one attached hydrogen (secondary N) is 2. The van der Waals surface area contributed by atoms with Crippen molar-refractivity contribution in [1.29, 1.82) is 0 Å². The smallest absolute Gasteiger partial charge is 0.224 e. The number of nitrogens with zero attached hydrogens (tertiary/aromatic N) is 2. The van der Waals surface area contributed by atoms with Crippen LogP contribution in [-0.2, 0) is 11.3 Å². The quantitative estimate of drug-likeness (QED) is 0.846. The molecule has 106 valence electrons. The Morgan fingerprint density at radius 1 is 1.20 bits per heavy atom. The first-order chi connectivity index (χ1) is 9.72. The second-order valence-corrected chi connectivity index (χ2v) is 4.46. The minimum atomic E-state index is 0.563. The first-order valence-electron chi connectivity index (χ1n) is 6.66. The van der Waals surface area contributed by atoms with Gasteiger partial charge in [-0.05, 0) is 19.9 Å². The van der Waals surface area contributed by atoms with Gasteiger partial charge in [0.05, 0.1) is 6.61 Å². The Hall–Kier alpha value is -2.14. The second-order valence-electron chi connectivity index (χ2n) is 4.46. The third-order valence-electron chi connectivity index (χ3n) is 2.77. The number of hydrogen-bond acceptors (Lipinski definition) is 5. The number of ether oxygens (including phenoxy) is 1. The van der Waals surface area contributed by atoms with Crippen LogP contribution in [0.1, 0.15) is 18.2 Å². The van der Waals surface area contributed by atoms with E-state index in [4.69, 9.17) is 4.74 Å². The maximum absolute atomic E-state index is 5.21. The van der Waals surface area contributed by atoms with Crippen LogP contribution >= 0.6 is 0 Å². The molecule has 2 N–H and O–H groups in total. The molecule has 0 amide bonds. The molecule has 0 bridgehead atoms. The van der Waals surface area contributed by atoms with Gasteiger partial charge in [-0.15, -0.1) is 0 Å². The average Bonchev–Trinajstić information content (AvgIpc) is 2.41. The van der Waals surface area contributed by atoms with Gasteiger partial charge >= 0.3 is 0 Å². The molecule has 0 fully saturated rings. The summed E-state index contributed by atoms with van der Waals surface area (Å²) >= 11 is 0. The molecular formula is C15H20N4O. The lowest BCUT2D eigenvalue weighted by Gasteiger charge is -2.12. The molecule has 2 rings (SSSR count). The van der Waals surface area contributed by atoms with Gasteiger partial charge in [0, 0.05) is 36.7 Å². The Morgan fingerprint density at radius 3 is 2.75 bits per heavy atom.